The number of hydrogen-bond acceptors (Lipinski definition) is 3. The Hall–Kier alpha value is -1.99. The molecule has 1 aliphatic carbocycles. The van der Waals surface area contributed by atoms with Crippen LogP contribution in [0.3, 0.4) is 0 Å². The Kier molecular flexibility index (Phi) is 5.41. The predicted molar refractivity (Wildman–Crippen MR) is 108 cm³/mol. The summed E-state index contributed by atoms with van der Waals surface area (Å²) in [6.07, 6.45) is 9.67. The van der Waals surface area contributed by atoms with E-state index in [4.69, 9.17) is 4.74 Å². The van der Waals surface area contributed by atoms with Gasteiger partial charge in [0.15, 0.2) is 0 Å². The first-order valence-corrected chi connectivity index (χ1v) is 10.5. The monoisotopic (exact) mass is 366 g/mol. The maximum atomic E-state index is 12.8. The van der Waals surface area contributed by atoms with Crippen LogP contribution in [0.5, 0.6) is 0 Å². The molecule has 1 amide bonds. The summed E-state index contributed by atoms with van der Waals surface area (Å²) < 4.78 is 6.10. The average molecular weight is 367 g/mol. The molecule has 4 heteroatoms. The lowest BCUT2D eigenvalue weighted by Gasteiger charge is -2.48. The van der Waals surface area contributed by atoms with Gasteiger partial charge in [-0.1, -0.05) is 49.8 Å². The van der Waals surface area contributed by atoms with E-state index >= 15 is 0 Å². The summed E-state index contributed by atoms with van der Waals surface area (Å²) in [6, 6.07) is 8.94. The second kappa shape index (κ2) is 7.94. The third-order valence-electron chi connectivity index (χ3n) is 6.55. The summed E-state index contributed by atoms with van der Waals surface area (Å²) in [5.74, 6) is 5.88. The maximum Gasteiger partial charge on any atom is 0.416 e. The lowest BCUT2D eigenvalue weighted by Crippen LogP contribution is -2.53. The lowest BCUT2D eigenvalue weighted by molar-refractivity contribution is -0.0503. The van der Waals surface area contributed by atoms with E-state index < -0.39 is 5.60 Å². The zero-order valence-electron chi connectivity index (χ0n) is 16.4. The zero-order chi connectivity index (χ0) is 18.7. The van der Waals surface area contributed by atoms with Crippen molar-refractivity contribution in [1.29, 1.82) is 0 Å². The van der Waals surface area contributed by atoms with Crippen molar-refractivity contribution in [2.24, 2.45) is 0 Å². The van der Waals surface area contributed by atoms with Gasteiger partial charge in [-0.3, -0.25) is 4.90 Å². The van der Waals surface area contributed by atoms with Gasteiger partial charge < -0.3 is 9.64 Å². The fraction of sp³-hybridized carbons (Fsp3) is 0.609. The van der Waals surface area contributed by atoms with Gasteiger partial charge in [-0.2, -0.15) is 0 Å². The van der Waals surface area contributed by atoms with Crippen molar-refractivity contribution in [2.75, 3.05) is 24.5 Å². The van der Waals surface area contributed by atoms with Gasteiger partial charge >= 0.3 is 6.09 Å². The van der Waals surface area contributed by atoms with E-state index in [1.807, 2.05) is 12.1 Å². The van der Waals surface area contributed by atoms with Crippen molar-refractivity contribution < 1.29 is 9.53 Å². The highest BCUT2D eigenvalue weighted by atomic mass is 16.6. The summed E-state index contributed by atoms with van der Waals surface area (Å²) in [6.45, 7) is 4.21. The largest absolute Gasteiger partial charge is 0.437 e. The van der Waals surface area contributed by atoms with Crippen LogP contribution in [0.15, 0.2) is 24.3 Å². The predicted octanol–water partition coefficient (Wildman–Crippen LogP) is 4.68. The SMILES string of the molecule is CC#CCN1C(=O)OC2(CCN(C3CCCCCC3)CC2)c2ccccc21. The van der Waals surface area contributed by atoms with Crippen molar-refractivity contribution in [2.45, 2.75) is 69.9 Å². The number of piperidine rings is 1. The average Bonchev–Trinajstić information content (AvgIpc) is 2.98. The quantitative estimate of drug-likeness (QED) is 0.563. The number of ether oxygens (including phenoxy) is 1. The fourth-order valence-corrected chi connectivity index (χ4v) is 5.02. The van der Waals surface area contributed by atoms with E-state index in [0.717, 1.165) is 43.2 Å². The first-order chi connectivity index (χ1) is 13.2. The Morgan fingerprint density at radius 1 is 1.11 bits per heavy atom. The molecule has 0 radical (unpaired) electrons. The van der Waals surface area contributed by atoms with Crippen LogP contribution in [0.25, 0.3) is 0 Å². The third-order valence-corrected chi connectivity index (χ3v) is 6.55. The highest BCUT2D eigenvalue weighted by Gasteiger charge is 2.47. The molecule has 3 aliphatic rings. The molecular weight excluding hydrogens is 336 g/mol. The number of amides is 1. The summed E-state index contributed by atoms with van der Waals surface area (Å²) >= 11 is 0. The Morgan fingerprint density at radius 2 is 1.81 bits per heavy atom. The molecule has 2 fully saturated rings. The van der Waals surface area contributed by atoms with Gasteiger partial charge in [-0.25, -0.2) is 4.79 Å². The number of benzene rings is 1. The van der Waals surface area contributed by atoms with Crippen LogP contribution in [-0.4, -0.2) is 36.7 Å². The number of carbonyl (C=O) groups excluding carboxylic acids is 1. The van der Waals surface area contributed by atoms with Crippen molar-refractivity contribution in [3.05, 3.63) is 29.8 Å². The highest BCUT2D eigenvalue weighted by molar-refractivity contribution is 5.92. The minimum atomic E-state index is -0.467. The zero-order valence-corrected chi connectivity index (χ0v) is 16.4. The Labute approximate surface area is 162 Å². The van der Waals surface area contributed by atoms with Crippen LogP contribution in [0.2, 0.25) is 0 Å². The molecule has 1 saturated carbocycles. The second-order valence-corrected chi connectivity index (χ2v) is 8.07. The molecule has 0 atom stereocenters. The van der Waals surface area contributed by atoms with Gasteiger partial charge in [0, 0.05) is 37.5 Å². The number of nitrogens with zero attached hydrogens (tertiary/aromatic N) is 2. The van der Waals surface area contributed by atoms with Gasteiger partial charge in [0.1, 0.15) is 5.60 Å². The van der Waals surface area contributed by atoms with Crippen LogP contribution in [-0.2, 0) is 10.3 Å². The summed E-state index contributed by atoms with van der Waals surface area (Å²) in [5, 5.41) is 0. The van der Waals surface area contributed by atoms with Crippen molar-refractivity contribution in [1.82, 2.24) is 4.90 Å². The van der Waals surface area contributed by atoms with E-state index in [0.29, 0.717) is 6.54 Å². The number of hydrogen-bond donors (Lipinski definition) is 0. The first-order valence-electron chi connectivity index (χ1n) is 10.5. The molecule has 1 aromatic rings. The molecule has 1 aromatic carbocycles. The Balaban J connectivity index is 1.54. The number of fused-ring (bicyclic) bond motifs is 2. The third kappa shape index (κ3) is 3.58. The van der Waals surface area contributed by atoms with Crippen molar-refractivity contribution in [3.63, 3.8) is 0 Å². The van der Waals surface area contributed by atoms with Crippen molar-refractivity contribution >= 4 is 11.8 Å². The number of para-hydroxylation sites is 1. The molecule has 2 heterocycles. The van der Waals surface area contributed by atoms with Crippen LogP contribution in [0.1, 0.15) is 63.9 Å². The number of anilines is 1. The smallest absolute Gasteiger partial charge is 0.416 e. The molecule has 27 heavy (non-hydrogen) atoms. The normalized spacial score (nSPS) is 23.1. The Morgan fingerprint density at radius 3 is 2.52 bits per heavy atom. The van der Waals surface area contributed by atoms with Crippen molar-refractivity contribution in [3.8, 4) is 11.8 Å². The van der Waals surface area contributed by atoms with Gasteiger partial charge in [0.05, 0.1) is 12.2 Å². The molecule has 0 unspecified atom stereocenters. The minimum Gasteiger partial charge on any atom is -0.437 e. The second-order valence-electron chi connectivity index (χ2n) is 8.07. The molecule has 0 bridgehead atoms. The van der Waals surface area contributed by atoms with E-state index in [2.05, 4.69) is 28.9 Å². The molecule has 1 saturated heterocycles. The standard InChI is InChI=1S/C23H30N2O2/c1-2-3-16-25-21-13-9-8-12-20(21)23(27-22(25)26)14-17-24(18-15-23)19-10-6-4-5-7-11-19/h8-9,12-13,19H,4-7,10-11,14-18H2,1H3. The minimum absolute atomic E-state index is 0.251. The molecular formula is C23H30N2O2. The highest BCUT2D eigenvalue weighted by Crippen LogP contribution is 2.46. The fourth-order valence-electron chi connectivity index (χ4n) is 5.02. The van der Waals surface area contributed by atoms with Gasteiger partial charge in [0.2, 0.25) is 0 Å². The molecule has 1 spiro atoms. The van der Waals surface area contributed by atoms with Gasteiger partial charge in [0.25, 0.3) is 0 Å². The molecule has 2 aliphatic heterocycles. The summed E-state index contributed by atoms with van der Waals surface area (Å²) in [4.78, 5) is 17.1. The molecule has 0 N–H and O–H groups in total. The van der Waals surface area contributed by atoms with Gasteiger partial charge in [-0.05, 0) is 25.8 Å². The summed E-state index contributed by atoms with van der Waals surface area (Å²) in [7, 11) is 0. The molecule has 144 valence electrons. The summed E-state index contributed by atoms with van der Waals surface area (Å²) in [5.41, 5.74) is 1.66. The van der Waals surface area contributed by atoms with E-state index in [-0.39, 0.29) is 6.09 Å². The van der Waals surface area contributed by atoms with Gasteiger partial charge in [-0.15, -0.1) is 5.92 Å². The molecule has 0 aromatic heterocycles. The first kappa shape index (κ1) is 18.4. The van der Waals surface area contributed by atoms with E-state index in [1.165, 1.54) is 38.5 Å². The lowest BCUT2D eigenvalue weighted by atomic mass is 9.81. The topological polar surface area (TPSA) is 32.8 Å². The van der Waals surface area contributed by atoms with E-state index in [1.54, 1.807) is 11.8 Å². The number of carbonyl (C=O) groups is 1. The molecule has 4 rings (SSSR count). The van der Waals surface area contributed by atoms with Crippen LogP contribution >= 0.6 is 0 Å². The maximum absolute atomic E-state index is 12.8. The molecule has 4 nitrogen and oxygen atoms in total. The Bertz CT molecular complexity index is 732. The van der Waals surface area contributed by atoms with Crippen LogP contribution in [0, 0.1) is 11.8 Å². The number of likely N-dealkylation sites (tertiary alicyclic amines) is 1. The van der Waals surface area contributed by atoms with E-state index in [9.17, 15) is 4.79 Å². The number of rotatable bonds is 2. The van der Waals surface area contributed by atoms with Crippen LogP contribution < -0.4 is 4.90 Å². The van der Waals surface area contributed by atoms with Crippen LogP contribution in [0.4, 0.5) is 10.5 Å².